The Morgan fingerprint density at radius 1 is 1.27 bits per heavy atom. The highest BCUT2D eigenvalue weighted by atomic mass is 32.2. The SMILES string of the molecule is CSc1nc2c(c(N3CCOC[C@@](C)(O)C3)n1)-c1nn(C3CCCCO3)cc1C2C. The van der Waals surface area contributed by atoms with Crippen LogP contribution in [-0.4, -0.2) is 69.6 Å². The van der Waals surface area contributed by atoms with Crippen molar-refractivity contribution in [3.05, 3.63) is 17.5 Å². The summed E-state index contributed by atoms with van der Waals surface area (Å²) in [4.78, 5) is 11.9. The zero-order valence-electron chi connectivity index (χ0n) is 17.8. The minimum atomic E-state index is -0.934. The summed E-state index contributed by atoms with van der Waals surface area (Å²) in [6, 6.07) is 0. The van der Waals surface area contributed by atoms with E-state index >= 15 is 0 Å². The van der Waals surface area contributed by atoms with Gasteiger partial charge in [-0.05, 0) is 32.4 Å². The van der Waals surface area contributed by atoms with Crippen molar-refractivity contribution in [2.75, 3.05) is 44.1 Å². The average Bonchev–Trinajstić information content (AvgIpc) is 3.23. The standard InChI is InChI=1S/C21H29N5O3S/c1-13-14-10-26(15-6-4-5-8-29-15)24-18(14)16-17(13)22-20(30-3)23-19(16)25-7-9-28-12-21(2,27)11-25/h10,13,15,27H,4-9,11-12H2,1-3H3/t13?,15?,21-/m0/s1. The highest BCUT2D eigenvalue weighted by Gasteiger charge is 2.38. The first-order valence-corrected chi connectivity index (χ1v) is 11.9. The van der Waals surface area contributed by atoms with Gasteiger partial charge in [-0.1, -0.05) is 18.7 Å². The lowest BCUT2D eigenvalue weighted by Gasteiger charge is -2.29. The molecule has 2 unspecified atom stereocenters. The molecule has 2 saturated heterocycles. The molecular formula is C21H29N5O3S. The fourth-order valence-corrected chi connectivity index (χ4v) is 5.00. The van der Waals surface area contributed by atoms with E-state index in [-0.39, 0.29) is 12.1 Å². The van der Waals surface area contributed by atoms with Gasteiger partial charge in [0.1, 0.15) is 23.3 Å². The number of nitrogens with zero attached hydrogens (tertiary/aromatic N) is 5. The van der Waals surface area contributed by atoms with Crippen LogP contribution in [0.2, 0.25) is 0 Å². The van der Waals surface area contributed by atoms with E-state index in [0.29, 0.717) is 26.3 Å². The van der Waals surface area contributed by atoms with Gasteiger partial charge in [-0.2, -0.15) is 5.10 Å². The second kappa shape index (κ2) is 7.78. The monoisotopic (exact) mass is 431 g/mol. The summed E-state index contributed by atoms with van der Waals surface area (Å²) in [5.74, 6) is 0.985. The van der Waals surface area contributed by atoms with Crippen LogP contribution in [0.25, 0.3) is 11.3 Å². The summed E-state index contributed by atoms with van der Waals surface area (Å²) in [6.45, 7) is 6.78. The molecule has 30 heavy (non-hydrogen) atoms. The zero-order chi connectivity index (χ0) is 20.9. The van der Waals surface area contributed by atoms with Crippen LogP contribution in [0.5, 0.6) is 0 Å². The van der Waals surface area contributed by atoms with Gasteiger partial charge < -0.3 is 19.5 Å². The maximum atomic E-state index is 10.7. The van der Waals surface area contributed by atoms with Gasteiger partial charge >= 0.3 is 0 Å². The van der Waals surface area contributed by atoms with Gasteiger partial charge in [0.15, 0.2) is 5.16 Å². The van der Waals surface area contributed by atoms with Crippen molar-refractivity contribution in [1.82, 2.24) is 19.7 Å². The molecule has 0 bridgehead atoms. The van der Waals surface area contributed by atoms with Gasteiger partial charge in [-0.15, -0.1) is 0 Å². The molecule has 3 aliphatic rings. The van der Waals surface area contributed by atoms with E-state index in [2.05, 4.69) is 18.0 Å². The van der Waals surface area contributed by atoms with Gasteiger partial charge in [-0.25, -0.2) is 14.6 Å². The Hall–Kier alpha value is -1.68. The average molecular weight is 432 g/mol. The third kappa shape index (κ3) is 3.51. The molecule has 1 N–H and O–H groups in total. The van der Waals surface area contributed by atoms with Crippen LogP contribution >= 0.6 is 11.8 Å². The predicted octanol–water partition coefficient (Wildman–Crippen LogP) is 2.81. The third-order valence-corrected chi connectivity index (χ3v) is 6.70. The van der Waals surface area contributed by atoms with E-state index < -0.39 is 5.60 Å². The van der Waals surface area contributed by atoms with Gasteiger partial charge in [0.25, 0.3) is 0 Å². The lowest BCUT2D eigenvalue weighted by Crippen LogP contribution is -2.42. The van der Waals surface area contributed by atoms with Gasteiger partial charge in [0, 0.05) is 30.8 Å². The largest absolute Gasteiger partial charge is 0.386 e. The van der Waals surface area contributed by atoms with Crippen LogP contribution in [0.3, 0.4) is 0 Å². The molecule has 0 aromatic carbocycles. The molecular weight excluding hydrogens is 402 g/mol. The van der Waals surface area contributed by atoms with Crippen LogP contribution in [0, 0.1) is 0 Å². The summed E-state index contributed by atoms with van der Waals surface area (Å²) in [7, 11) is 0. The summed E-state index contributed by atoms with van der Waals surface area (Å²) >= 11 is 1.54. The fraction of sp³-hybridized carbons (Fsp3) is 0.667. The Kier molecular flexibility index (Phi) is 5.25. The van der Waals surface area contributed by atoms with Crippen molar-refractivity contribution >= 4 is 17.6 Å². The van der Waals surface area contributed by atoms with Gasteiger partial charge in [0.2, 0.25) is 0 Å². The second-order valence-corrected chi connectivity index (χ2v) is 9.49. The van der Waals surface area contributed by atoms with E-state index in [1.54, 1.807) is 0 Å². The van der Waals surface area contributed by atoms with Crippen molar-refractivity contribution in [3.63, 3.8) is 0 Å². The Balaban J connectivity index is 1.60. The van der Waals surface area contributed by atoms with Gasteiger partial charge in [-0.3, -0.25) is 0 Å². The van der Waals surface area contributed by atoms with Crippen LogP contribution < -0.4 is 4.90 Å². The van der Waals surface area contributed by atoms with E-state index in [4.69, 9.17) is 24.5 Å². The predicted molar refractivity (Wildman–Crippen MR) is 115 cm³/mol. The van der Waals surface area contributed by atoms with E-state index in [1.807, 2.05) is 17.9 Å². The maximum absolute atomic E-state index is 10.7. The molecule has 2 fully saturated rings. The Labute approximate surface area is 181 Å². The fourth-order valence-electron chi connectivity index (χ4n) is 4.63. The number of thioether (sulfide) groups is 1. The Morgan fingerprint density at radius 2 is 2.13 bits per heavy atom. The number of rotatable bonds is 3. The molecule has 0 spiro atoms. The van der Waals surface area contributed by atoms with Crippen molar-refractivity contribution in [2.24, 2.45) is 0 Å². The highest BCUT2D eigenvalue weighted by molar-refractivity contribution is 7.98. The maximum Gasteiger partial charge on any atom is 0.189 e. The normalized spacial score (nSPS) is 28.9. The molecule has 162 valence electrons. The number of aliphatic hydroxyl groups is 1. The van der Waals surface area contributed by atoms with Crippen LogP contribution in [-0.2, 0) is 9.47 Å². The minimum absolute atomic E-state index is 0.00200. The quantitative estimate of drug-likeness (QED) is 0.587. The number of hydrogen-bond acceptors (Lipinski definition) is 8. The smallest absolute Gasteiger partial charge is 0.189 e. The number of fused-ring (bicyclic) bond motifs is 3. The Morgan fingerprint density at radius 3 is 2.90 bits per heavy atom. The molecule has 3 atom stereocenters. The summed E-state index contributed by atoms with van der Waals surface area (Å²) in [5.41, 5.74) is 3.19. The highest BCUT2D eigenvalue weighted by Crippen LogP contribution is 2.48. The molecule has 8 nitrogen and oxygen atoms in total. The molecule has 0 radical (unpaired) electrons. The molecule has 2 aliphatic heterocycles. The topological polar surface area (TPSA) is 85.5 Å². The van der Waals surface area contributed by atoms with E-state index in [1.165, 1.54) is 17.3 Å². The summed E-state index contributed by atoms with van der Waals surface area (Å²) in [5, 5.41) is 16.4. The Bertz CT molecular complexity index is 941. The molecule has 2 aromatic heterocycles. The molecule has 9 heteroatoms. The molecule has 4 heterocycles. The number of ether oxygens (including phenoxy) is 2. The molecule has 2 aromatic rings. The first kappa shape index (κ1) is 20.2. The van der Waals surface area contributed by atoms with Crippen molar-refractivity contribution in [2.45, 2.75) is 56.0 Å². The van der Waals surface area contributed by atoms with Crippen molar-refractivity contribution < 1.29 is 14.6 Å². The van der Waals surface area contributed by atoms with Crippen molar-refractivity contribution in [1.29, 1.82) is 0 Å². The van der Waals surface area contributed by atoms with Crippen molar-refractivity contribution in [3.8, 4) is 11.3 Å². The number of anilines is 1. The third-order valence-electron chi connectivity index (χ3n) is 6.15. The van der Waals surface area contributed by atoms with Crippen LogP contribution in [0.15, 0.2) is 11.4 Å². The lowest BCUT2D eigenvalue weighted by atomic mass is 10.1. The molecule has 0 saturated carbocycles. The number of hydrogen-bond donors (Lipinski definition) is 1. The summed E-state index contributed by atoms with van der Waals surface area (Å²) < 4.78 is 13.6. The van der Waals surface area contributed by atoms with E-state index in [0.717, 1.165) is 53.8 Å². The first-order valence-electron chi connectivity index (χ1n) is 10.7. The number of aromatic nitrogens is 4. The van der Waals surface area contributed by atoms with E-state index in [9.17, 15) is 5.11 Å². The lowest BCUT2D eigenvalue weighted by molar-refractivity contribution is -0.0394. The number of β-amino-alcohol motifs (C(OH)–C–C–N with tert-alkyl or cyclic N) is 1. The van der Waals surface area contributed by atoms with Crippen LogP contribution in [0.4, 0.5) is 5.82 Å². The summed E-state index contributed by atoms with van der Waals surface area (Å²) in [6.07, 6.45) is 7.39. The second-order valence-electron chi connectivity index (χ2n) is 8.72. The molecule has 0 amide bonds. The molecule has 1 aliphatic carbocycles. The zero-order valence-corrected chi connectivity index (χ0v) is 18.6. The van der Waals surface area contributed by atoms with Gasteiger partial charge in [0.05, 0.1) is 31.0 Å². The van der Waals surface area contributed by atoms with Crippen LogP contribution in [0.1, 0.15) is 56.5 Å². The minimum Gasteiger partial charge on any atom is -0.386 e. The molecule has 5 rings (SSSR count). The first-order chi connectivity index (χ1) is 14.5.